The van der Waals surface area contributed by atoms with Gasteiger partial charge in [0.25, 0.3) is 0 Å². The highest BCUT2D eigenvalue weighted by Crippen LogP contribution is 2.28. The number of nitrogens with one attached hydrogen (secondary N) is 1. The van der Waals surface area contributed by atoms with Crippen molar-refractivity contribution in [3.63, 3.8) is 0 Å². The Kier molecular flexibility index (Phi) is 5.47. The molecule has 6 heteroatoms. The molecular weight excluding hydrogens is 283 g/mol. The molecule has 1 aromatic carbocycles. The third kappa shape index (κ3) is 5.21. The quantitative estimate of drug-likeness (QED) is 0.867. The van der Waals surface area contributed by atoms with E-state index in [4.69, 9.17) is 4.74 Å². The van der Waals surface area contributed by atoms with E-state index in [2.05, 4.69) is 10.1 Å². The van der Waals surface area contributed by atoms with Gasteiger partial charge in [0.05, 0.1) is 6.10 Å². The second-order valence-electron chi connectivity index (χ2n) is 5.17. The minimum Gasteiger partial charge on any atom is -0.406 e. The maximum Gasteiger partial charge on any atom is 0.573 e. The molecule has 3 nitrogen and oxygen atoms in total. The summed E-state index contributed by atoms with van der Waals surface area (Å²) in [6, 6.07) is 6.12. The van der Waals surface area contributed by atoms with Crippen molar-refractivity contribution in [2.24, 2.45) is 0 Å². The molecule has 1 aliphatic rings. The molecule has 2 rings (SSSR count). The first kappa shape index (κ1) is 16.1. The standard InChI is InChI=1S/C15H20F3NO2/c1-19-14(8-7-12-6-3-9-20-12)11-4-2-5-13(10-11)21-15(16,17)18/h2,4-5,10,12,14,19H,3,6-9H2,1H3. The molecule has 1 aliphatic heterocycles. The van der Waals surface area contributed by atoms with Gasteiger partial charge in [0.15, 0.2) is 0 Å². The van der Waals surface area contributed by atoms with Crippen LogP contribution in [0.25, 0.3) is 0 Å². The van der Waals surface area contributed by atoms with Crippen molar-refractivity contribution in [1.82, 2.24) is 5.32 Å². The lowest BCUT2D eigenvalue weighted by atomic mass is 9.99. The van der Waals surface area contributed by atoms with Crippen molar-refractivity contribution in [3.05, 3.63) is 29.8 Å². The van der Waals surface area contributed by atoms with Crippen LogP contribution in [0.5, 0.6) is 5.75 Å². The molecule has 1 saturated heterocycles. The molecule has 0 saturated carbocycles. The number of hydrogen-bond acceptors (Lipinski definition) is 3. The summed E-state index contributed by atoms with van der Waals surface area (Å²) >= 11 is 0. The van der Waals surface area contributed by atoms with Gasteiger partial charge in [-0.05, 0) is 50.4 Å². The Bertz CT molecular complexity index is 445. The van der Waals surface area contributed by atoms with Gasteiger partial charge in [0.1, 0.15) is 5.75 Å². The lowest BCUT2D eigenvalue weighted by molar-refractivity contribution is -0.274. The summed E-state index contributed by atoms with van der Waals surface area (Å²) in [5, 5.41) is 3.14. The van der Waals surface area contributed by atoms with E-state index in [9.17, 15) is 13.2 Å². The van der Waals surface area contributed by atoms with Crippen LogP contribution in [0.1, 0.15) is 37.3 Å². The van der Waals surface area contributed by atoms with Gasteiger partial charge in [0, 0.05) is 12.6 Å². The molecule has 1 N–H and O–H groups in total. The third-order valence-corrected chi connectivity index (χ3v) is 3.64. The van der Waals surface area contributed by atoms with Crippen molar-refractivity contribution < 1.29 is 22.6 Å². The van der Waals surface area contributed by atoms with Crippen LogP contribution in [-0.4, -0.2) is 26.1 Å². The van der Waals surface area contributed by atoms with Gasteiger partial charge < -0.3 is 14.8 Å². The van der Waals surface area contributed by atoms with Gasteiger partial charge in [-0.15, -0.1) is 13.2 Å². The molecule has 0 radical (unpaired) electrons. The van der Waals surface area contributed by atoms with Crippen LogP contribution in [0, 0.1) is 0 Å². The van der Waals surface area contributed by atoms with E-state index in [1.807, 2.05) is 0 Å². The fourth-order valence-corrected chi connectivity index (χ4v) is 2.63. The van der Waals surface area contributed by atoms with Gasteiger partial charge >= 0.3 is 6.36 Å². The molecule has 0 spiro atoms. The Labute approximate surface area is 122 Å². The summed E-state index contributed by atoms with van der Waals surface area (Å²) < 4.78 is 46.3. The number of hydrogen-bond donors (Lipinski definition) is 1. The molecule has 1 heterocycles. The van der Waals surface area contributed by atoms with Crippen molar-refractivity contribution in [3.8, 4) is 5.75 Å². The van der Waals surface area contributed by atoms with Gasteiger partial charge in [-0.3, -0.25) is 0 Å². The zero-order valence-electron chi connectivity index (χ0n) is 12.0. The summed E-state index contributed by atoms with van der Waals surface area (Å²) in [5.74, 6) is -0.183. The van der Waals surface area contributed by atoms with Crippen LogP contribution in [0.2, 0.25) is 0 Å². The summed E-state index contributed by atoms with van der Waals surface area (Å²) in [5.41, 5.74) is 0.789. The summed E-state index contributed by atoms with van der Waals surface area (Å²) in [6.45, 7) is 0.809. The van der Waals surface area contributed by atoms with Crippen LogP contribution in [-0.2, 0) is 4.74 Å². The number of halogens is 3. The van der Waals surface area contributed by atoms with Crippen molar-refractivity contribution in [2.45, 2.75) is 44.2 Å². The fourth-order valence-electron chi connectivity index (χ4n) is 2.63. The first-order valence-corrected chi connectivity index (χ1v) is 7.12. The number of benzene rings is 1. The molecule has 0 aliphatic carbocycles. The topological polar surface area (TPSA) is 30.5 Å². The predicted molar refractivity (Wildman–Crippen MR) is 73.1 cm³/mol. The number of rotatable bonds is 6. The molecule has 0 amide bonds. The van der Waals surface area contributed by atoms with E-state index in [-0.39, 0.29) is 17.9 Å². The predicted octanol–water partition coefficient (Wildman–Crippen LogP) is 3.80. The largest absolute Gasteiger partial charge is 0.573 e. The summed E-state index contributed by atoms with van der Waals surface area (Å²) in [7, 11) is 1.80. The fraction of sp³-hybridized carbons (Fsp3) is 0.600. The smallest absolute Gasteiger partial charge is 0.406 e. The van der Waals surface area contributed by atoms with Gasteiger partial charge in [-0.2, -0.15) is 0 Å². The van der Waals surface area contributed by atoms with Crippen molar-refractivity contribution >= 4 is 0 Å². The summed E-state index contributed by atoms with van der Waals surface area (Å²) in [4.78, 5) is 0. The Balaban J connectivity index is 1.98. The van der Waals surface area contributed by atoms with E-state index in [0.717, 1.165) is 37.9 Å². The van der Waals surface area contributed by atoms with E-state index in [1.54, 1.807) is 19.2 Å². The van der Waals surface area contributed by atoms with Crippen molar-refractivity contribution in [1.29, 1.82) is 0 Å². The van der Waals surface area contributed by atoms with Gasteiger partial charge in [-0.1, -0.05) is 12.1 Å². The Morgan fingerprint density at radius 2 is 2.24 bits per heavy atom. The minimum atomic E-state index is -4.66. The normalized spacial score (nSPS) is 20.5. The van der Waals surface area contributed by atoms with Crippen LogP contribution < -0.4 is 10.1 Å². The molecule has 0 aromatic heterocycles. The third-order valence-electron chi connectivity index (χ3n) is 3.64. The van der Waals surface area contributed by atoms with Crippen LogP contribution >= 0.6 is 0 Å². The van der Waals surface area contributed by atoms with Crippen molar-refractivity contribution in [2.75, 3.05) is 13.7 Å². The van der Waals surface area contributed by atoms with Gasteiger partial charge in [0.2, 0.25) is 0 Å². The first-order valence-electron chi connectivity index (χ1n) is 7.12. The Morgan fingerprint density at radius 1 is 1.43 bits per heavy atom. The van der Waals surface area contributed by atoms with E-state index in [1.165, 1.54) is 12.1 Å². The average Bonchev–Trinajstić information content (AvgIpc) is 2.91. The highest BCUT2D eigenvalue weighted by molar-refractivity contribution is 5.30. The van der Waals surface area contributed by atoms with Crippen LogP contribution in [0.3, 0.4) is 0 Å². The second kappa shape index (κ2) is 7.13. The van der Waals surface area contributed by atoms with Crippen LogP contribution in [0.15, 0.2) is 24.3 Å². The molecule has 0 bridgehead atoms. The maximum atomic E-state index is 12.3. The number of ether oxygens (including phenoxy) is 2. The van der Waals surface area contributed by atoms with E-state index in [0.29, 0.717) is 0 Å². The lowest BCUT2D eigenvalue weighted by Crippen LogP contribution is -2.20. The zero-order chi connectivity index (χ0) is 15.3. The highest BCUT2D eigenvalue weighted by Gasteiger charge is 2.31. The Morgan fingerprint density at radius 3 is 2.86 bits per heavy atom. The van der Waals surface area contributed by atoms with E-state index < -0.39 is 6.36 Å². The molecule has 118 valence electrons. The van der Waals surface area contributed by atoms with E-state index >= 15 is 0 Å². The molecule has 1 aromatic rings. The highest BCUT2D eigenvalue weighted by atomic mass is 19.4. The molecule has 1 fully saturated rings. The minimum absolute atomic E-state index is 0.00835. The first-order chi connectivity index (χ1) is 9.98. The average molecular weight is 303 g/mol. The maximum absolute atomic E-state index is 12.3. The van der Waals surface area contributed by atoms with Crippen LogP contribution in [0.4, 0.5) is 13.2 Å². The molecular formula is C15H20F3NO2. The number of alkyl halides is 3. The summed E-state index contributed by atoms with van der Waals surface area (Å²) in [6.07, 6.45) is -0.523. The SMILES string of the molecule is CNC(CCC1CCCO1)c1cccc(OC(F)(F)F)c1. The second-order valence-corrected chi connectivity index (χ2v) is 5.17. The molecule has 2 atom stereocenters. The molecule has 2 unspecified atom stereocenters. The lowest BCUT2D eigenvalue weighted by Gasteiger charge is -2.19. The zero-order valence-corrected chi connectivity index (χ0v) is 12.0. The molecule has 21 heavy (non-hydrogen) atoms. The Hall–Kier alpha value is -1.27. The monoisotopic (exact) mass is 303 g/mol. The van der Waals surface area contributed by atoms with Gasteiger partial charge in [-0.25, -0.2) is 0 Å².